The summed E-state index contributed by atoms with van der Waals surface area (Å²) in [6.07, 6.45) is 1.01. The SMILES string of the molecule is CC(C)(C)OC(=O)Nc1cc(S(C)(=O)=O)c([N+](=O)[O-])cc1C=[NH2+]. The number of ether oxygens (including phenoxy) is 1. The number of nitro benzene ring substituents is 1. The molecule has 0 heterocycles. The quantitative estimate of drug-likeness (QED) is 0.463. The molecule has 9 nitrogen and oxygen atoms in total. The van der Waals surface area contributed by atoms with Gasteiger partial charge >= 0.3 is 6.09 Å². The Hall–Kier alpha value is -2.49. The Morgan fingerprint density at radius 3 is 2.35 bits per heavy atom. The Kier molecular flexibility index (Phi) is 5.10. The van der Waals surface area contributed by atoms with Gasteiger partial charge in [-0.1, -0.05) is 0 Å². The van der Waals surface area contributed by atoms with E-state index in [0.717, 1.165) is 24.6 Å². The lowest BCUT2D eigenvalue weighted by atomic mass is 10.1. The molecular weight excluding hydrogens is 326 g/mol. The molecule has 0 atom stereocenters. The summed E-state index contributed by atoms with van der Waals surface area (Å²) in [5, 5.41) is 18.8. The maximum absolute atomic E-state index is 11.8. The van der Waals surface area contributed by atoms with Gasteiger partial charge in [-0.2, -0.15) is 0 Å². The van der Waals surface area contributed by atoms with Gasteiger partial charge in [0, 0.05) is 12.3 Å². The molecule has 1 amide bonds. The number of sulfone groups is 1. The van der Waals surface area contributed by atoms with Crippen LogP contribution in [0, 0.1) is 10.1 Å². The Labute approximate surface area is 133 Å². The zero-order valence-electron chi connectivity index (χ0n) is 13.1. The van der Waals surface area contributed by atoms with Gasteiger partial charge in [-0.15, -0.1) is 0 Å². The molecule has 1 aromatic rings. The minimum atomic E-state index is -3.89. The highest BCUT2D eigenvalue weighted by atomic mass is 32.2. The van der Waals surface area contributed by atoms with Crippen LogP contribution in [0.15, 0.2) is 17.0 Å². The third-order valence-corrected chi connectivity index (χ3v) is 3.67. The lowest BCUT2D eigenvalue weighted by Crippen LogP contribution is -2.31. The number of amides is 1. The predicted octanol–water partition coefficient (Wildman–Crippen LogP) is 0.523. The van der Waals surface area contributed by atoms with Crippen molar-refractivity contribution in [2.45, 2.75) is 31.3 Å². The molecule has 3 N–H and O–H groups in total. The summed E-state index contributed by atoms with van der Waals surface area (Å²) in [4.78, 5) is 21.5. The van der Waals surface area contributed by atoms with Crippen molar-refractivity contribution >= 4 is 33.5 Å². The fourth-order valence-corrected chi connectivity index (χ4v) is 2.53. The fourth-order valence-electron chi connectivity index (χ4n) is 1.68. The van der Waals surface area contributed by atoms with Crippen molar-refractivity contribution in [2.24, 2.45) is 0 Å². The van der Waals surface area contributed by atoms with E-state index in [1.807, 2.05) is 0 Å². The number of carbonyl (C=O) groups excluding carboxylic acids is 1. The van der Waals surface area contributed by atoms with E-state index in [1.54, 1.807) is 20.8 Å². The molecule has 0 aromatic heterocycles. The molecule has 0 bridgehead atoms. The van der Waals surface area contributed by atoms with Gasteiger partial charge in [0.1, 0.15) is 10.5 Å². The van der Waals surface area contributed by atoms with Crippen molar-refractivity contribution in [3.8, 4) is 0 Å². The van der Waals surface area contributed by atoms with Crippen molar-refractivity contribution in [2.75, 3.05) is 11.6 Å². The van der Waals surface area contributed by atoms with Gasteiger partial charge in [0.25, 0.3) is 5.69 Å². The molecule has 10 heteroatoms. The maximum atomic E-state index is 11.8. The normalized spacial score (nSPS) is 11.7. The minimum Gasteiger partial charge on any atom is -0.444 e. The predicted molar refractivity (Wildman–Crippen MR) is 83.2 cm³/mol. The molecule has 23 heavy (non-hydrogen) atoms. The number of nitrogens with two attached hydrogens (primary N) is 1. The fraction of sp³-hybridized carbons (Fsp3) is 0.385. The zero-order valence-corrected chi connectivity index (χ0v) is 13.9. The number of benzene rings is 1. The van der Waals surface area contributed by atoms with Gasteiger partial charge < -0.3 is 4.74 Å². The van der Waals surface area contributed by atoms with Gasteiger partial charge in [-0.05, 0) is 26.8 Å². The average Bonchev–Trinajstić information content (AvgIpc) is 2.34. The summed E-state index contributed by atoms with van der Waals surface area (Å²) >= 11 is 0. The van der Waals surface area contributed by atoms with E-state index in [-0.39, 0.29) is 11.3 Å². The maximum Gasteiger partial charge on any atom is 0.412 e. The summed E-state index contributed by atoms with van der Waals surface area (Å²) in [6.45, 7) is 4.96. The second-order valence-electron chi connectivity index (χ2n) is 5.73. The molecule has 1 aromatic carbocycles. The molecule has 0 aliphatic carbocycles. The molecule has 0 aliphatic rings. The van der Waals surface area contributed by atoms with Crippen LogP contribution in [0.4, 0.5) is 16.2 Å². The molecule has 0 saturated heterocycles. The van der Waals surface area contributed by atoms with E-state index in [4.69, 9.17) is 10.1 Å². The first-order valence-corrected chi connectivity index (χ1v) is 8.31. The number of hydrogen-bond donors (Lipinski definition) is 2. The molecule has 0 aliphatic heterocycles. The van der Waals surface area contributed by atoms with Crippen LogP contribution in [-0.2, 0) is 14.6 Å². The van der Waals surface area contributed by atoms with Crippen molar-refractivity contribution in [3.05, 3.63) is 27.8 Å². The number of nitro groups is 1. The summed E-state index contributed by atoms with van der Waals surface area (Å²) in [7, 11) is -3.89. The standard InChI is InChI=1S/C13H17N3O6S/c1-13(2,3)22-12(17)15-9-6-11(23(4,20)21)10(16(18)19)5-8(9)7-14/h5-7,14H,1-4H3,(H,15,17)/p+1. The van der Waals surface area contributed by atoms with Gasteiger partial charge in [-0.3, -0.25) is 20.8 Å². The zero-order chi connectivity index (χ0) is 18.0. The van der Waals surface area contributed by atoms with Crippen LogP contribution < -0.4 is 10.7 Å². The molecule has 0 spiro atoms. The summed E-state index contributed by atoms with van der Waals surface area (Å²) in [5.74, 6) is 0. The number of carbonyl (C=O) groups is 1. The Bertz CT molecular complexity index is 765. The monoisotopic (exact) mass is 344 g/mol. The smallest absolute Gasteiger partial charge is 0.412 e. The second-order valence-corrected chi connectivity index (χ2v) is 7.71. The number of hydrogen-bond acceptors (Lipinski definition) is 6. The number of rotatable bonds is 4. The van der Waals surface area contributed by atoms with E-state index in [0.29, 0.717) is 0 Å². The van der Waals surface area contributed by atoms with Crippen molar-refractivity contribution in [1.29, 1.82) is 0 Å². The third kappa shape index (κ3) is 5.02. The van der Waals surface area contributed by atoms with Gasteiger partial charge in [0.15, 0.2) is 16.1 Å². The topological polar surface area (TPSA) is 141 Å². The molecule has 0 fully saturated rings. The highest BCUT2D eigenvalue weighted by Gasteiger charge is 2.26. The Morgan fingerprint density at radius 2 is 1.96 bits per heavy atom. The first-order chi connectivity index (χ1) is 10.3. The number of nitrogens with one attached hydrogen (secondary N) is 1. The van der Waals surface area contributed by atoms with Crippen LogP contribution in [0.25, 0.3) is 0 Å². The van der Waals surface area contributed by atoms with Crippen LogP contribution in [0.2, 0.25) is 0 Å². The van der Waals surface area contributed by atoms with E-state index < -0.39 is 37.0 Å². The van der Waals surface area contributed by atoms with E-state index in [1.165, 1.54) is 0 Å². The number of anilines is 1. The molecule has 126 valence electrons. The first kappa shape index (κ1) is 18.6. The van der Waals surface area contributed by atoms with Crippen molar-refractivity contribution in [3.63, 3.8) is 0 Å². The van der Waals surface area contributed by atoms with E-state index in [9.17, 15) is 23.3 Å². The number of nitrogens with zero attached hydrogens (tertiary/aromatic N) is 1. The minimum absolute atomic E-state index is 0.00669. The highest BCUT2D eigenvalue weighted by molar-refractivity contribution is 7.90. The largest absolute Gasteiger partial charge is 0.444 e. The molecule has 1 rings (SSSR count). The molecule has 0 radical (unpaired) electrons. The van der Waals surface area contributed by atoms with Crippen molar-refractivity contribution < 1.29 is 28.3 Å². The molecule has 0 unspecified atom stereocenters. The summed E-state index contributed by atoms with van der Waals surface area (Å²) < 4.78 is 28.5. The van der Waals surface area contributed by atoms with Gasteiger partial charge in [0.2, 0.25) is 0 Å². The molecular formula is C13H18N3O6S+. The molecule has 0 saturated carbocycles. The summed E-state index contributed by atoms with van der Waals surface area (Å²) in [5.41, 5.74) is -1.31. The van der Waals surface area contributed by atoms with Gasteiger partial charge in [-0.25, -0.2) is 13.2 Å². The average molecular weight is 344 g/mol. The highest BCUT2D eigenvalue weighted by Crippen LogP contribution is 2.30. The summed E-state index contributed by atoms with van der Waals surface area (Å²) in [6, 6.07) is 1.96. The first-order valence-electron chi connectivity index (χ1n) is 6.42. The van der Waals surface area contributed by atoms with Gasteiger partial charge in [0.05, 0.1) is 16.2 Å². The van der Waals surface area contributed by atoms with E-state index >= 15 is 0 Å². The Morgan fingerprint density at radius 1 is 1.39 bits per heavy atom. The second kappa shape index (κ2) is 6.32. The van der Waals surface area contributed by atoms with Crippen LogP contribution in [0.5, 0.6) is 0 Å². The van der Waals surface area contributed by atoms with Crippen LogP contribution in [0.3, 0.4) is 0 Å². The Balaban J connectivity index is 3.41. The van der Waals surface area contributed by atoms with Crippen LogP contribution in [0.1, 0.15) is 26.3 Å². The third-order valence-electron chi connectivity index (χ3n) is 2.54. The van der Waals surface area contributed by atoms with Crippen LogP contribution in [-0.4, -0.2) is 37.5 Å². The van der Waals surface area contributed by atoms with Crippen LogP contribution >= 0.6 is 0 Å². The van der Waals surface area contributed by atoms with E-state index in [2.05, 4.69) is 5.32 Å². The lowest BCUT2D eigenvalue weighted by molar-refractivity contribution is -0.387. The lowest BCUT2D eigenvalue weighted by Gasteiger charge is -2.20. The van der Waals surface area contributed by atoms with Crippen molar-refractivity contribution in [1.82, 2.24) is 0 Å².